The van der Waals surface area contributed by atoms with Crippen molar-refractivity contribution < 1.29 is 8.42 Å². The van der Waals surface area contributed by atoms with Crippen LogP contribution in [0.1, 0.15) is 28.4 Å². The standard InChI is InChI=1S/C19H20N2O2S/c1-13-7-9-14(10-8-13)19-18-16(11-12-21(19)24(2,22)23)15-5-3-4-6-17(15)20-18/h3-10,19-20H,11-12H2,1-2H3. The van der Waals surface area contributed by atoms with E-state index in [-0.39, 0.29) is 6.04 Å². The SMILES string of the molecule is Cc1ccc(C2c3[nH]c4ccccc4c3CCN2S(C)(=O)=O)cc1. The summed E-state index contributed by atoms with van der Waals surface area (Å²) >= 11 is 0. The van der Waals surface area contributed by atoms with Gasteiger partial charge in [0.15, 0.2) is 0 Å². The van der Waals surface area contributed by atoms with Crippen molar-refractivity contribution in [2.75, 3.05) is 12.8 Å². The van der Waals surface area contributed by atoms with Gasteiger partial charge in [0.1, 0.15) is 0 Å². The van der Waals surface area contributed by atoms with Gasteiger partial charge in [-0.2, -0.15) is 4.31 Å². The Kier molecular flexibility index (Phi) is 3.51. The first-order valence-electron chi connectivity index (χ1n) is 8.08. The van der Waals surface area contributed by atoms with E-state index < -0.39 is 10.0 Å². The van der Waals surface area contributed by atoms with Crippen molar-refractivity contribution in [1.82, 2.24) is 9.29 Å². The summed E-state index contributed by atoms with van der Waals surface area (Å²) in [5, 5.41) is 1.19. The van der Waals surface area contributed by atoms with E-state index in [1.165, 1.54) is 17.2 Å². The summed E-state index contributed by atoms with van der Waals surface area (Å²) < 4.78 is 26.4. The van der Waals surface area contributed by atoms with E-state index in [1.807, 2.05) is 49.4 Å². The normalized spacial score (nSPS) is 18.7. The number of rotatable bonds is 2. The predicted octanol–water partition coefficient (Wildman–Crippen LogP) is 3.38. The van der Waals surface area contributed by atoms with Gasteiger partial charge in [0.2, 0.25) is 10.0 Å². The van der Waals surface area contributed by atoms with Crippen LogP contribution in [0.5, 0.6) is 0 Å². The molecule has 0 saturated carbocycles. The molecule has 1 aliphatic rings. The molecule has 3 aromatic rings. The second-order valence-electron chi connectivity index (χ2n) is 6.50. The van der Waals surface area contributed by atoms with Crippen LogP contribution in [0, 0.1) is 6.92 Å². The fourth-order valence-electron chi connectivity index (χ4n) is 3.66. The summed E-state index contributed by atoms with van der Waals surface area (Å²) in [6, 6.07) is 16.0. The van der Waals surface area contributed by atoms with Crippen molar-refractivity contribution in [2.24, 2.45) is 0 Å². The number of sulfonamides is 1. The average molecular weight is 340 g/mol. The molecule has 5 heteroatoms. The van der Waals surface area contributed by atoms with Gasteiger partial charge in [-0.3, -0.25) is 0 Å². The van der Waals surface area contributed by atoms with Gasteiger partial charge in [-0.15, -0.1) is 0 Å². The molecule has 1 unspecified atom stereocenters. The Bertz CT molecular complexity index is 1000. The largest absolute Gasteiger partial charge is 0.357 e. The second kappa shape index (κ2) is 5.46. The van der Waals surface area contributed by atoms with Crippen LogP contribution in [0.25, 0.3) is 10.9 Å². The molecule has 2 heterocycles. The third-order valence-electron chi connectivity index (χ3n) is 4.81. The smallest absolute Gasteiger partial charge is 0.212 e. The van der Waals surface area contributed by atoms with Gasteiger partial charge >= 0.3 is 0 Å². The third-order valence-corrected chi connectivity index (χ3v) is 6.05. The molecule has 4 rings (SSSR count). The lowest BCUT2D eigenvalue weighted by Gasteiger charge is -2.34. The molecule has 0 fully saturated rings. The highest BCUT2D eigenvalue weighted by molar-refractivity contribution is 7.88. The fourth-order valence-corrected chi connectivity index (χ4v) is 4.69. The molecule has 0 radical (unpaired) electrons. The molecule has 4 nitrogen and oxygen atoms in total. The van der Waals surface area contributed by atoms with Crippen molar-refractivity contribution >= 4 is 20.9 Å². The zero-order valence-electron chi connectivity index (χ0n) is 13.8. The highest BCUT2D eigenvalue weighted by atomic mass is 32.2. The van der Waals surface area contributed by atoms with E-state index in [9.17, 15) is 8.42 Å². The Morgan fingerprint density at radius 1 is 1.08 bits per heavy atom. The van der Waals surface area contributed by atoms with Crippen LogP contribution in [-0.4, -0.2) is 30.5 Å². The topological polar surface area (TPSA) is 53.2 Å². The molecule has 1 atom stereocenters. The first kappa shape index (κ1) is 15.4. The van der Waals surface area contributed by atoms with Crippen LogP contribution in [0.3, 0.4) is 0 Å². The molecule has 2 aromatic carbocycles. The van der Waals surface area contributed by atoms with Crippen molar-refractivity contribution in [3.8, 4) is 0 Å². The van der Waals surface area contributed by atoms with Gasteiger partial charge in [0, 0.05) is 23.1 Å². The van der Waals surface area contributed by atoms with Gasteiger partial charge < -0.3 is 4.98 Å². The molecule has 0 saturated heterocycles. The lowest BCUT2D eigenvalue weighted by atomic mass is 9.94. The van der Waals surface area contributed by atoms with E-state index in [1.54, 1.807) is 4.31 Å². The summed E-state index contributed by atoms with van der Waals surface area (Å²) in [4.78, 5) is 3.48. The van der Waals surface area contributed by atoms with Gasteiger partial charge in [0.05, 0.1) is 12.3 Å². The minimum Gasteiger partial charge on any atom is -0.357 e. The lowest BCUT2D eigenvalue weighted by Crippen LogP contribution is -2.39. The van der Waals surface area contributed by atoms with Crippen LogP contribution in [0.4, 0.5) is 0 Å². The minimum absolute atomic E-state index is 0.295. The van der Waals surface area contributed by atoms with Crippen LogP contribution in [0.2, 0.25) is 0 Å². The summed E-state index contributed by atoms with van der Waals surface area (Å²) in [6.07, 6.45) is 2.02. The van der Waals surface area contributed by atoms with Crippen LogP contribution in [-0.2, 0) is 16.4 Å². The number of aromatic nitrogens is 1. The number of hydrogen-bond acceptors (Lipinski definition) is 2. The number of hydrogen-bond donors (Lipinski definition) is 1. The number of para-hydroxylation sites is 1. The van der Waals surface area contributed by atoms with Crippen molar-refractivity contribution in [2.45, 2.75) is 19.4 Å². The molecule has 24 heavy (non-hydrogen) atoms. The van der Waals surface area contributed by atoms with E-state index in [2.05, 4.69) is 11.1 Å². The summed E-state index contributed by atoms with van der Waals surface area (Å²) in [7, 11) is -3.30. The maximum atomic E-state index is 12.4. The highest BCUT2D eigenvalue weighted by Crippen LogP contribution is 2.39. The van der Waals surface area contributed by atoms with Gasteiger partial charge in [-0.05, 0) is 30.5 Å². The fraction of sp³-hybridized carbons (Fsp3) is 0.263. The summed E-state index contributed by atoms with van der Waals surface area (Å²) in [5.74, 6) is 0. The average Bonchev–Trinajstić information content (AvgIpc) is 2.93. The molecule has 0 aliphatic carbocycles. The molecular weight excluding hydrogens is 320 g/mol. The van der Waals surface area contributed by atoms with Crippen molar-refractivity contribution in [3.63, 3.8) is 0 Å². The molecular formula is C19H20N2O2S. The quantitative estimate of drug-likeness (QED) is 0.777. The Morgan fingerprint density at radius 3 is 2.50 bits per heavy atom. The molecule has 0 bridgehead atoms. The zero-order valence-corrected chi connectivity index (χ0v) is 14.6. The first-order valence-corrected chi connectivity index (χ1v) is 9.93. The molecule has 1 N–H and O–H groups in total. The Labute approximate surface area is 142 Å². The van der Waals surface area contributed by atoms with Crippen LogP contribution < -0.4 is 0 Å². The number of aryl methyl sites for hydroxylation is 1. The Balaban J connectivity index is 1.96. The zero-order chi connectivity index (χ0) is 16.9. The lowest BCUT2D eigenvalue weighted by molar-refractivity contribution is 0.343. The molecule has 1 aliphatic heterocycles. The van der Waals surface area contributed by atoms with Crippen molar-refractivity contribution in [1.29, 1.82) is 0 Å². The van der Waals surface area contributed by atoms with Gasteiger partial charge in [-0.1, -0.05) is 48.0 Å². The summed E-state index contributed by atoms with van der Waals surface area (Å²) in [6.45, 7) is 2.54. The number of aromatic amines is 1. The summed E-state index contributed by atoms with van der Waals surface area (Å²) in [5.41, 5.74) is 5.46. The molecule has 1 aromatic heterocycles. The molecule has 0 amide bonds. The van der Waals surface area contributed by atoms with Gasteiger partial charge in [0.25, 0.3) is 0 Å². The highest BCUT2D eigenvalue weighted by Gasteiger charge is 2.36. The maximum absolute atomic E-state index is 12.4. The molecule has 0 spiro atoms. The Morgan fingerprint density at radius 2 is 1.79 bits per heavy atom. The van der Waals surface area contributed by atoms with Crippen LogP contribution >= 0.6 is 0 Å². The van der Waals surface area contributed by atoms with Crippen molar-refractivity contribution in [3.05, 3.63) is 70.9 Å². The first-order chi connectivity index (χ1) is 11.4. The minimum atomic E-state index is -3.30. The van der Waals surface area contributed by atoms with Crippen LogP contribution in [0.15, 0.2) is 48.5 Å². The number of H-pyrrole nitrogens is 1. The third kappa shape index (κ3) is 2.44. The monoisotopic (exact) mass is 340 g/mol. The van der Waals surface area contributed by atoms with E-state index in [4.69, 9.17) is 0 Å². The molecule has 124 valence electrons. The Hall–Kier alpha value is -2.11. The number of nitrogens with zero attached hydrogens (tertiary/aromatic N) is 1. The van der Waals surface area contributed by atoms with E-state index in [0.29, 0.717) is 6.54 Å². The number of benzene rings is 2. The second-order valence-corrected chi connectivity index (χ2v) is 8.43. The number of fused-ring (bicyclic) bond motifs is 3. The predicted molar refractivity (Wildman–Crippen MR) is 96.6 cm³/mol. The van der Waals surface area contributed by atoms with E-state index >= 15 is 0 Å². The van der Waals surface area contributed by atoms with Gasteiger partial charge in [-0.25, -0.2) is 8.42 Å². The van der Waals surface area contributed by atoms with E-state index in [0.717, 1.165) is 28.8 Å². The number of nitrogens with one attached hydrogen (secondary N) is 1. The maximum Gasteiger partial charge on any atom is 0.212 e.